The van der Waals surface area contributed by atoms with E-state index in [0.717, 1.165) is 18.7 Å². The number of hydrogen-bond donors (Lipinski definition) is 1. The number of nitrogens with zero attached hydrogens (tertiary/aromatic N) is 2. The van der Waals surface area contributed by atoms with Gasteiger partial charge in [-0.25, -0.2) is 4.98 Å². The summed E-state index contributed by atoms with van der Waals surface area (Å²) in [5.41, 5.74) is -4.16. The molecule has 0 atom stereocenters. The van der Waals surface area contributed by atoms with Crippen molar-refractivity contribution in [1.82, 2.24) is 9.36 Å². The van der Waals surface area contributed by atoms with Gasteiger partial charge in [-0.1, -0.05) is 6.92 Å². The molecule has 0 aromatic carbocycles. The molecule has 0 fully saturated rings. The third-order valence-electron chi connectivity index (χ3n) is 1.59. The van der Waals surface area contributed by atoms with Crippen molar-refractivity contribution >= 4 is 28.4 Å². The monoisotopic (exact) mass is 271 g/mol. The number of rotatable bonds is 6. The summed E-state index contributed by atoms with van der Waals surface area (Å²) in [5.74, 6) is 0.727. The van der Waals surface area contributed by atoms with Crippen LogP contribution in [0.25, 0.3) is 0 Å². The predicted octanol–water partition coefficient (Wildman–Crippen LogP) is 3.16. The topological polar surface area (TPSA) is 37.8 Å². The Kier molecular flexibility index (Phi) is 5.33. The summed E-state index contributed by atoms with van der Waals surface area (Å²) in [5, 5.41) is 3.41. The summed E-state index contributed by atoms with van der Waals surface area (Å²) < 4.78 is 39.5. The molecular formula is C8H12F3N3S2. The van der Waals surface area contributed by atoms with Crippen LogP contribution in [0.3, 0.4) is 0 Å². The molecule has 1 aromatic rings. The second-order valence-corrected chi connectivity index (χ2v) is 4.90. The van der Waals surface area contributed by atoms with Gasteiger partial charge >= 0.3 is 5.51 Å². The Morgan fingerprint density at radius 2 is 2.19 bits per heavy atom. The number of halogens is 3. The van der Waals surface area contributed by atoms with Gasteiger partial charge in [-0.05, 0) is 18.2 Å². The Morgan fingerprint density at radius 1 is 1.44 bits per heavy atom. The molecule has 0 saturated heterocycles. The summed E-state index contributed by atoms with van der Waals surface area (Å²) in [7, 11) is 0. The zero-order chi connectivity index (χ0) is 12.0. The van der Waals surface area contributed by atoms with Gasteiger partial charge in [0.05, 0.1) is 0 Å². The van der Waals surface area contributed by atoms with Gasteiger partial charge in [0.2, 0.25) is 5.13 Å². The van der Waals surface area contributed by atoms with Crippen LogP contribution in [0.15, 0.2) is 0 Å². The van der Waals surface area contributed by atoms with Crippen LogP contribution in [-0.2, 0) is 6.42 Å². The highest BCUT2D eigenvalue weighted by atomic mass is 32.2. The minimum Gasteiger partial charge on any atom is -0.359 e. The number of nitrogens with one attached hydrogen (secondary N) is 1. The number of aromatic nitrogens is 2. The minimum atomic E-state index is -4.16. The van der Waals surface area contributed by atoms with Crippen molar-refractivity contribution in [2.75, 3.05) is 17.6 Å². The maximum atomic E-state index is 11.8. The summed E-state index contributed by atoms with van der Waals surface area (Å²) in [4.78, 5) is 4.14. The minimum absolute atomic E-state index is 0.0216. The summed E-state index contributed by atoms with van der Waals surface area (Å²) in [6.45, 7) is 2.26. The van der Waals surface area contributed by atoms with Crippen molar-refractivity contribution in [2.45, 2.75) is 25.3 Å². The lowest BCUT2D eigenvalue weighted by molar-refractivity contribution is -0.0327. The van der Waals surface area contributed by atoms with E-state index in [0.29, 0.717) is 5.13 Å². The van der Waals surface area contributed by atoms with Crippen LogP contribution < -0.4 is 5.32 Å². The van der Waals surface area contributed by atoms with Crippen LogP contribution in [0.4, 0.5) is 18.3 Å². The van der Waals surface area contributed by atoms with Crippen molar-refractivity contribution < 1.29 is 13.2 Å². The van der Waals surface area contributed by atoms with Gasteiger partial charge in [0, 0.05) is 30.3 Å². The standard InChI is InChI=1S/C8H12F3N3S2/c1-2-3-6-13-7(16-14-6)12-4-5-15-8(9,10)11/h2-5H2,1H3,(H,12,13,14). The highest BCUT2D eigenvalue weighted by molar-refractivity contribution is 8.00. The molecule has 0 aliphatic rings. The maximum Gasteiger partial charge on any atom is 0.441 e. The van der Waals surface area contributed by atoms with Gasteiger partial charge in [0.25, 0.3) is 0 Å². The third kappa shape index (κ3) is 5.55. The van der Waals surface area contributed by atoms with E-state index in [1.54, 1.807) is 0 Å². The first-order chi connectivity index (χ1) is 7.51. The molecule has 0 spiro atoms. The molecule has 0 aliphatic carbocycles. The first-order valence-electron chi connectivity index (χ1n) is 4.78. The van der Waals surface area contributed by atoms with E-state index in [9.17, 15) is 13.2 Å². The molecular weight excluding hydrogens is 259 g/mol. The molecule has 3 nitrogen and oxygen atoms in total. The van der Waals surface area contributed by atoms with Gasteiger partial charge < -0.3 is 5.32 Å². The number of hydrogen-bond acceptors (Lipinski definition) is 5. The third-order valence-corrected chi connectivity index (χ3v) is 3.03. The fraction of sp³-hybridized carbons (Fsp3) is 0.750. The molecule has 0 aliphatic heterocycles. The second kappa shape index (κ2) is 6.29. The molecule has 0 unspecified atom stereocenters. The van der Waals surface area contributed by atoms with Gasteiger partial charge in [-0.3, -0.25) is 0 Å². The lowest BCUT2D eigenvalue weighted by atomic mass is 10.3. The lowest BCUT2D eigenvalue weighted by Gasteiger charge is -2.05. The Morgan fingerprint density at radius 3 is 2.81 bits per heavy atom. The molecule has 1 aromatic heterocycles. The van der Waals surface area contributed by atoms with Crippen LogP contribution >= 0.6 is 23.3 Å². The molecule has 8 heteroatoms. The quantitative estimate of drug-likeness (QED) is 0.807. The highest BCUT2D eigenvalue weighted by Crippen LogP contribution is 2.29. The van der Waals surface area contributed by atoms with Crippen LogP contribution in [-0.4, -0.2) is 27.2 Å². The molecule has 1 rings (SSSR count). The number of anilines is 1. The highest BCUT2D eigenvalue weighted by Gasteiger charge is 2.27. The van der Waals surface area contributed by atoms with E-state index in [-0.39, 0.29) is 24.1 Å². The Balaban J connectivity index is 2.21. The Labute approximate surface area is 100 Å². The van der Waals surface area contributed by atoms with E-state index in [1.807, 2.05) is 6.92 Å². The number of aryl methyl sites for hydroxylation is 1. The van der Waals surface area contributed by atoms with Crippen LogP contribution in [0, 0.1) is 0 Å². The predicted molar refractivity (Wildman–Crippen MR) is 60.9 cm³/mol. The molecule has 1 N–H and O–H groups in total. The average Bonchev–Trinajstić information content (AvgIpc) is 2.60. The van der Waals surface area contributed by atoms with E-state index in [2.05, 4.69) is 14.7 Å². The summed E-state index contributed by atoms with van der Waals surface area (Å²) in [6.07, 6.45) is 1.76. The number of thioether (sulfide) groups is 1. The zero-order valence-electron chi connectivity index (χ0n) is 8.67. The van der Waals surface area contributed by atoms with Gasteiger partial charge in [0.15, 0.2) is 0 Å². The maximum absolute atomic E-state index is 11.8. The van der Waals surface area contributed by atoms with Crippen LogP contribution in [0.5, 0.6) is 0 Å². The first-order valence-corrected chi connectivity index (χ1v) is 6.54. The lowest BCUT2D eigenvalue weighted by Crippen LogP contribution is -2.09. The largest absolute Gasteiger partial charge is 0.441 e. The van der Waals surface area contributed by atoms with Gasteiger partial charge in [0.1, 0.15) is 5.82 Å². The molecule has 0 saturated carbocycles. The fourth-order valence-electron chi connectivity index (χ4n) is 0.976. The summed E-state index contributed by atoms with van der Waals surface area (Å²) in [6, 6.07) is 0. The van der Waals surface area contributed by atoms with E-state index < -0.39 is 5.51 Å². The van der Waals surface area contributed by atoms with Gasteiger partial charge in [-0.2, -0.15) is 17.5 Å². The van der Waals surface area contributed by atoms with Crippen LogP contribution in [0.1, 0.15) is 19.2 Å². The molecule has 1 heterocycles. The first kappa shape index (κ1) is 13.6. The smallest absolute Gasteiger partial charge is 0.359 e. The SMILES string of the molecule is CCCc1nsc(NCCSC(F)(F)F)n1. The summed E-state index contributed by atoms with van der Waals surface area (Å²) >= 11 is 1.15. The van der Waals surface area contributed by atoms with E-state index >= 15 is 0 Å². The Hall–Kier alpha value is -0.500. The second-order valence-electron chi connectivity index (χ2n) is 2.99. The fourth-order valence-corrected chi connectivity index (χ4v) is 2.05. The van der Waals surface area contributed by atoms with Gasteiger partial charge in [-0.15, -0.1) is 0 Å². The van der Waals surface area contributed by atoms with E-state index in [1.165, 1.54) is 11.5 Å². The molecule has 16 heavy (non-hydrogen) atoms. The molecule has 0 bridgehead atoms. The molecule has 0 radical (unpaired) electrons. The van der Waals surface area contributed by atoms with Crippen molar-refractivity contribution in [3.05, 3.63) is 5.82 Å². The Bertz CT molecular complexity index is 314. The van der Waals surface area contributed by atoms with Crippen molar-refractivity contribution in [2.24, 2.45) is 0 Å². The molecule has 0 amide bonds. The van der Waals surface area contributed by atoms with E-state index in [4.69, 9.17) is 0 Å². The normalized spacial score (nSPS) is 11.8. The van der Waals surface area contributed by atoms with Crippen molar-refractivity contribution in [1.29, 1.82) is 0 Å². The van der Waals surface area contributed by atoms with Crippen LogP contribution in [0.2, 0.25) is 0 Å². The van der Waals surface area contributed by atoms with Crippen molar-refractivity contribution in [3.8, 4) is 0 Å². The molecule has 92 valence electrons. The zero-order valence-corrected chi connectivity index (χ0v) is 10.3. The number of alkyl halides is 3. The van der Waals surface area contributed by atoms with Crippen molar-refractivity contribution in [3.63, 3.8) is 0 Å². The average molecular weight is 271 g/mol.